The third-order valence-electron chi connectivity index (χ3n) is 4.38. The maximum absolute atomic E-state index is 11.9. The lowest BCUT2D eigenvalue weighted by atomic mass is 10.2. The van der Waals surface area contributed by atoms with Crippen LogP contribution in [0.5, 0.6) is 0 Å². The Kier molecular flexibility index (Phi) is 6.92. The summed E-state index contributed by atoms with van der Waals surface area (Å²) in [6.45, 7) is 6.76. The van der Waals surface area contributed by atoms with Gasteiger partial charge in [0, 0.05) is 50.2 Å². The summed E-state index contributed by atoms with van der Waals surface area (Å²) in [5, 5.41) is 8.07. The van der Waals surface area contributed by atoms with E-state index in [0.717, 1.165) is 49.0 Å². The van der Waals surface area contributed by atoms with Crippen LogP contribution in [0.4, 0.5) is 4.79 Å². The van der Waals surface area contributed by atoms with Crippen LogP contribution >= 0.6 is 11.3 Å². The van der Waals surface area contributed by atoms with Gasteiger partial charge in [0.15, 0.2) is 0 Å². The van der Waals surface area contributed by atoms with E-state index in [-0.39, 0.29) is 12.5 Å². The lowest BCUT2D eigenvalue weighted by molar-refractivity contribution is -0.121. The molecule has 0 radical (unpaired) electrons. The van der Waals surface area contributed by atoms with Crippen molar-refractivity contribution in [2.75, 3.05) is 39.3 Å². The Labute approximate surface area is 163 Å². The number of urea groups is 1. The second-order valence-corrected chi connectivity index (χ2v) is 7.33. The van der Waals surface area contributed by atoms with Crippen molar-refractivity contribution in [3.8, 4) is 10.6 Å². The molecule has 0 aliphatic carbocycles. The molecule has 0 bridgehead atoms. The van der Waals surface area contributed by atoms with Gasteiger partial charge in [-0.2, -0.15) is 0 Å². The number of thiazole rings is 1. The summed E-state index contributed by atoms with van der Waals surface area (Å²) in [4.78, 5) is 32.4. The zero-order chi connectivity index (χ0) is 19.1. The minimum absolute atomic E-state index is 0.250. The van der Waals surface area contributed by atoms with Crippen molar-refractivity contribution in [3.63, 3.8) is 0 Å². The molecule has 1 aromatic heterocycles. The number of carbonyl (C=O) groups excluding carboxylic acids is 2. The van der Waals surface area contributed by atoms with Crippen LogP contribution in [0.3, 0.4) is 0 Å². The molecule has 144 valence electrons. The second-order valence-electron chi connectivity index (χ2n) is 6.47. The van der Waals surface area contributed by atoms with Crippen molar-refractivity contribution in [2.24, 2.45) is 0 Å². The van der Waals surface area contributed by atoms with Crippen LogP contribution in [0, 0.1) is 0 Å². The van der Waals surface area contributed by atoms with Gasteiger partial charge in [-0.15, -0.1) is 11.3 Å². The van der Waals surface area contributed by atoms with E-state index in [2.05, 4.69) is 37.9 Å². The molecule has 1 fully saturated rings. The molecule has 27 heavy (non-hydrogen) atoms. The minimum Gasteiger partial charge on any atom is -0.338 e. The van der Waals surface area contributed by atoms with E-state index in [4.69, 9.17) is 4.98 Å². The van der Waals surface area contributed by atoms with Gasteiger partial charge in [-0.25, -0.2) is 9.78 Å². The number of piperazine rings is 1. The Balaban J connectivity index is 1.43. The van der Waals surface area contributed by atoms with Crippen molar-refractivity contribution in [3.05, 3.63) is 41.4 Å². The van der Waals surface area contributed by atoms with Gasteiger partial charge in [-0.3, -0.25) is 19.9 Å². The van der Waals surface area contributed by atoms with Crippen LogP contribution in [-0.2, 0) is 11.3 Å². The number of nitrogens with one attached hydrogen (secondary N) is 2. The van der Waals surface area contributed by atoms with E-state index in [9.17, 15) is 9.59 Å². The number of carbonyl (C=O) groups is 2. The van der Waals surface area contributed by atoms with E-state index in [1.54, 1.807) is 11.3 Å². The molecule has 0 atom stereocenters. The highest BCUT2D eigenvalue weighted by molar-refractivity contribution is 7.13. The van der Waals surface area contributed by atoms with Crippen LogP contribution in [0.2, 0.25) is 0 Å². The Hall–Kier alpha value is -2.29. The van der Waals surface area contributed by atoms with Gasteiger partial charge in [-0.05, 0) is 6.92 Å². The average molecular weight is 388 g/mol. The van der Waals surface area contributed by atoms with Crippen molar-refractivity contribution in [1.82, 2.24) is 25.4 Å². The summed E-state index contributed by atoms with van der Waals surface area (Å²) in [5.74, 6) is -0.263. The van der Waals surface area contributed by atoms with Crippen LogP contribution in [0.25, 0.3) is 10.6 Å². The summed E-state index contributed by atoms with van der Waals surface area (Å²) < 4.78 is 0. The monoisotopic (exact) mass is 387 g/mol. The number of nitrogens with zero attached hydrogens (tertiary/aromatic N) is 3. The molecule has 0 spiro atoms. The number of benzene rings is 1. The molecule has 2 heterocycles. The molecule has 7 nitrogen and oxygen atoms in total. The molecule has 3 amide bonds. The highest BCUT2D eigenvalue weighted by atomic mass is 32.1. The molecular formula is C19H25N5O2S. The van der Waals surface area contributed by atoms with E-state index in [1.807, 2.05) is 25.1 Å². The first-order chi connectivity index (χ1) is 13.1. The van der Waals surface area contributed by atoms with E-state index in [1.165, 1.54) is 0 Å². The first-order valence-corrected chi connectivity index (χ1v) is 10.0. The predicted molar refractivity (Wildman–Crippen MR) is 106 cm³/mol. The molecule has 1 aliphatic heterocycles. The molecule has 0 unspecified atom stereocenters. The topological polar surface area (TPSA) is 77.6 Å². The molecule has 1 aromatic carbocycles. The van der Waals surface area contributed by atoms with Crippen molar-refractivity contribution in [2.45, 2.75) is 13.5 Å². The van der Waals surface area contributed by atoms with Crippen LogP contribution in [-0.4, -0.2) is 66.0 Å². The van der Waals surface area contributed by atoms with E-state index in [0.29, 0.717) is 6.54 Å². The maximum Gasteiger partial charge on any atom is 0.321 e. The Morgan fingerprint density at radius 3 is 2.52 bits per heavy atom. The normalized spacial score (nSPS) is 15.4. The third-order valence-corrected chi connectivity index (χ3v) is 5.32. The molecule has 2 N–H and O–H groups in total. The zero-order valence-electron chi connectivity index (χ0n) is 15.5. The Morgan fingerprint density at radius 2 is 1.81 bits per heavy atom. The first-order valence-electron chi connectivity index (χ1n) is 9.16. The van der Waals surface area contributed by atoms with Gasteiger partial charge in [0.05, 0.1) is 12.2 Å². The maximum atomic E-state index is 11.9. The molecule has 8 heteroatoms. The number of amides is 3. The summed E-state index contributed by atoms with van der Waals surface area (Å²) in [6.07, 6.45) is 0. The summed E-state index contributed by atoms with van der Waals surface area (Å²) in [5.41, 5.74) is 2.23. The highest BCUT2D eigenvalue weighted by Gasteiger charge is 2.20. The molecule has 0 saturated carbocycles. The fraction of sp³-hybridized carbons (Fsp3) is 0.421. The number of imide groups is 1. The first kappa shape index (κ1) is 19.5. The van der Waals surface area contributed by atoms with Crippen molar-refractivity contribution in [1.29, 1.82) is 0 Å². The van der Waals surface area contributed by atoms with E-state index >= 15 is 0 Å². The van der Waals surface area contributed by atoms with E-state index < -0.39 is 6.03 Å². The van der Waals surface area contributed by atoms with Crippen LogP contribution < -0.4 is 10.6 Å². The Bertz CT molecular complexity index is 756. The van der Waals surface area contributed by atoms with Crippen LogP contribution in [0.1, 0.15) is 12.6 Å². The summed E-state index contributed by atoms with van der Waals surface area (Å²) in [6, 6.07) is 9.78. The lowest BCUT2D eigenvalue weighted by Crippen LogP contribution is -2.50. The van der Waals surface area contributed by atoms with Gasteiger partial charge < -0.3 is 5.32 Å². The minimum atomic E-state index is -0.432. The quantitative estimate of drug-likeness (QED) is 0.790. The van der Waals surface area contributed by atoms with Crippen molar-refractivity contribution >= 4 is 23.3 Å². The predicted octanol–water partition coefficient (Wildman–Crippen LogP) is 1.77. The number of rotatable bonds is 6. The largest absolute Gasteiger partial charge is 0.338 e. The zero-order valence-corrected chi connectivity index (χ0v) is 16.3. The molecular weight excluding hydrogens is 362 g/mol. The third kappa shape index (κ3) is 5.85. The van der Waals surface area contributed by atoms with Gasteiger partial charge in [0.1, 0.15) is 5.01 Å². The SMILES string of the molecule is CCNC(=O)NC(=O)CN1CCN(Cc2csc(-c3ccccc3)n2)CC1. The average Bonchev–Trinajstić information content (AvgIpc) is 3.13. The molecule has 1 saturated heterocycles. The van der Waals surface area contributed by atoms with Gasteiger partial charge in [0.25, 0.3) is 0 Å². The second kappa shape index (κ2) is 9.59. The highest BCUT2D eigenvalue weighted by Crippen LogP contribution is 2.24. The summed E-state index contributed by atoms with van der Waals surface area (Å²) in [7, 11) is 0. The number of hydrogen-bond acceptors (Lipinski definition) is 6. The van der Waals surface area contributed by atoms with Gasteiger partial charge >= 0.3 is 6.03 Å². The number of aromatic nitrogens is 1. The van der Waals surface area contributed by atoms with Crippen molar-refractivity contribution < 1.29 is 9.59 Å². The smallest absolute Gasteiger partial charge is 0.321 e. The molecule has 2 aromatic rings. The molecule has 1 aliphatic rings. The molecule has 3 rings (SSSR count). The van der Waals surface area contributed by atoms with Gasteiger partial charge in [0.2, 0.25) is 5.91 Å². The summed E-state index contributed by atoms with van der Waals surface area (Å²) >= 11 is 1.67. The standard InChI is InChI=1S/C19H25N5O2S/c1-2-20-19(26)22-17(25)13-24-10-8-23(9-11-24)12-16-14-27-18(21-16)15-6-4-3-5-7-15/h3-7,14H,2,8-13H2,1H3,(H2,20,22,25,26). The van der Waals surface area contributed by atoms with Gasteiger partial charge in [-0.1, -0.05) is 30.3 Å². The fourth-order valence-corrected chi connectivity index (χ4v) is 3.82. The van der Waals surface area contributed by atoms with Crippen LogP contribution in [0.15, 0.2) is 35.7 Å². The fourth-order valence-electron chi connectivity index (χ4n) is 3.00. The Morgan fingerprint density at radius 1 is 1.11 bits per heavy atom. The number of hydrogen-bond donors (Lipinski definition) is 2. The lowest BCUT2D eigenvalue weighted by Gasteiger charge is -2.33.